The summed E-state index contributed by atoms with van der Waals surface area (Å²) in [6, 6.07) is 20.2. The Balaban J connectivity index is 1.87. The van der Waals surface area contributed by atoms with Crippen molar-refractivity contribution in [1.82, 2.24) is 20.0 Å². The first-order valence-corrected chi connectivity index (χ1v) is 7.57. The van der Waals surface area contributed by atoms with Crippen LogP contribution in [-0.4, -0.2) is 20.0 Å². The Labute approximate surface area is 138 Å². The van der Waals surface area contributed by atoms with E-state index in [4.69, 9.17) is 0 Å². The highest BCUT2D eigenvalue weighted by Crippen LogP contribution is 2.29. The number of nitriles is 1. The largest absolute Gasteiger partial charge is 0.248 e. The highest BCUT2D eigenvalue weighted by Gasteiger charge is 2.09. The summed E-state index contributed by atoms with van der Waals surface area (Å²) in [7, 11) is 0. The molecule has 2 heterocycles. The van der Waals surface area contributed by atoms with Gasteiger partial charge in [-0.3, -0.25) is 0 Å². The normalized spacial score (nSPS) is 10.6. The third-order valence-electron chi connectivity index (χ3n) is 3.89. The van der Waals surface area contributed by atoms with E-state index < -0.39 is 0 Å². The molecule has 0 saturated carbocycles. The third-order valence-corrected chi connectivity index (χ3v) is 3.89. The number of benzene rings is 2. The molecule has 5 heteroatoms. The quantitative estimate of drug-likeness (QED) is 0.581. The van der Waals surface area contributed by atoms with Crippen LogP contribution in [0.25, 0.3) is 22.0 Å². The number of pyridine rings is 1. The summed E-state index contributed by atoms with van der Waals surface area (Å²) in [5.74, 6) is 0. The number of rotatable bonds is 3. The average Bonchev–Trinajstić information content (AvgIpc) is 3.14. The Hall–Kier alpha value is -3.52. The Morgan fingerprint density at radius 2 is 1.92 bits per heavy atom. The van der Waals surface area contributed by atoms with E-state index in [-0.39, 0.29) is 0 Å². The minimum absolute atomic E-state index is 0.416. The average molecular weight is 311 g/mol. The molecule has 4 rings (SSSR count). The molecule has 4 aromatic rings. The standard InChI is InChI=1S/C19H13N5/c20-12-16-11-18(15-4-2-1-3-5-15)17-7-6-14(10-19(17)22-16)13-24-9-8-21-23-24/h1-11H,13H2. The molecule has 0 amide bonds. The predicted octanol–water partition coefficient (Wildman–Crippen LogP) is 3.41. The summed E-state index contributed by atoms with van der Waals surface area (Å²) >= 11 is 0. The van der Waals surface area contributed by atoms with Crippen molar-refractivity contribution in [3.05, 3.63) is 78.2 Å². The molecular formula is C19H13N5. The molecule has 0 radical (unpaired) electrons. The van der Waals surface area contributed by atoms with E-state index in [1.165, 1.54) is 0 Å². The van der Waals surface area contributed by atoms with Crippen LogP contribution in [0.15, 0.2) is 67.0 Å². The first kappa shape index (κ1) is 14.1. The Morgan fingerprint density at radius 3 is 2.67 bits per heavy atom. The second-order valence-corrected chi connectivity index (χ2v) is 5.49. The van der Waals surface area contributed by atoms with Crippen molar-refractivity contribution in [1.29, 1.82) is 5.26 Å². The fourth-order valence-corrected chi connectivity index (χ4v) is 2.79. The number of aromatic nitrogens is 4. The zero-order chi connectivity index (χ0) is 16.4. The molecule has 0 spiro atoms. The molecule has 0 bridgehead atoms. The van der Waals surface area contributed by atoms with Gasteiger partial charge in [-0.2, -0.15) is 5.26 Å². The highest BCUT2D eigenvalue weighted by molar-refractivity contribution is 5.95. The summed E-state index contributed by atoms with van der Waals surface area (Å²) in [5, 5.41) is 18.1. The predicted molar refractivity (Wildman–Crippen MR) is 91.0 cm³/mol. The smallest absolute Gasteiger partial charge is 0.141 e. The highest BCUT2D eigenvalue weighted by atomic mass is 15.4. The van der Waals surface area contributed by atoms with E-state index in [9.17, 15) is 5.26 Å². The summed E-state index contributed by atoms with van der Waals surface area (Å²) in [6.45, 7) is 0.620. The molecule has 0 atom stereocenters. The van der Waals surface area contributed by atoms with Gasteiger partial charge in [0.05, 0.1) is 18.3 Å². The molecule has 2 aromatic heterocycles. The molecule has 0 N–H and O–H groups in total. The second kappa shape index (κ2) is 5.94. The first-order chi connectivity index (χ1) is 11.8. The van der Waals surface area contributed by atoms with Crippen LogP contribution in [-0.2, 0) is 6.54 Å². The molecule has 0 unspecified atom stereocenters. The monoisotopic (exact) mass is 311 g/mol. The van der Waals surface area contributed by atoms with Gasteiger partial charge in [0.2, 0.25) is 0 Å². The number of hydrogen-bond donors (Lipinski definition) is 0. The van der Waals surface area contributed by atoms with E-state index in [0.717, 1.165) is 27.6 Å². The molecule has 24 heavy (non-hydrogen) atoms. The maximum absolute atomic E-state index is 9.31. The van der Waals surface area contributed by atoms with Crippen LogP contribution < -0.4 is 0 Å². The van der Waals surface area contributed by atoms with Crippen LogP contribution >= 0.6 is 0 Å². The Morgan fingerprint density at radius 1 is 1.04 bits per heavy atom. The number of nitrogens with zero attached hydrogens (tertiary/aromatic N) is 5. The SMILES string of the molecule is N#Cc1cc(-c2ccccc2)c2ccc(Cn3ccnn3)cc2n1. The van der Waals surface area contributed by atoms with Gasteiger partial charge in [0.15, 0.2) is 0 Å². The lowest BCUT2D eigenvalue weighted by atomic mass is 9.99. The van der Waals surface area contributed by atoms with Crippen molar-refractivity contribution in [3.8, 4) is 17.2 Å². The topological polar surface area (TPSA) is 67.4 Å². The van der Waals surface area contributed by atoms with Gasteiger partial charge in [-0.05, 0) is 28.8 Å². The van der Waals surface area contributed by atoms with Crippen molar-refractivity contribution >= 4 is 10.9 Å². The van der Waals surface area contributed by atoms with E-state index in [2.05, 4.69) is 33.5 Å². The van der Waals surface area contributed by atoms with Crippen LogP contribution in [0.3, 0.4) is 0 Å². The zero-order valence-corrected chi connectivity index (χ0v) is 12.8. The van der Waals surface area contributed by atoms with Crippen LogP contribution in [0.5, 0.6) is 0 Å². The van der Waals surface area contributed by atoms with Crippen molar-refractivity contribution in [2.75, 3.05) is 0 Å². The second-order valence-electron chi connectivity index (χ2n) is 5.49. The summed E-state index contributed by atoms with van der Waals surface area (Å²) in [5.41, 5.74) is 4.38. The zero-order valence-electron chi connectivity index (χ0n) is 12.8. The lowest BCUT2D eigenvalue weighted by Crippen LogP contribution is -2.01. The number of hydrogen-bond acceptors (Lipinski definition) is 4. The first-order valence-electron chi connectivity index (χ1n) is 7.57. The van der Waals surface area contributed by atoms with E-state index in [1.54, 1.807) is 10.9 Å². The van der Waals surface area contributed by atoms with Crippen molar-refractivity contribution in [2.45, 2.75) is 6.54 Å². The molecule has 114 valence electrons. The molecule has 0 aliphatic carbocycles. The van der Waals surface area contributed by atoms with Crippen LogP contribution in [0, 0.1) is 11.3 Å². The van der Waals surface area contributed by atoms with Gasteiger partial charge in [-0.1, -0.05) is 47.7 Å². The van der Waals surface area contributed by atoms with E-state index in [0.29, 0.717) is 12.2 Å². The minimum Gasteiger partial charge on any atom is -0.248 e. The van der Waals surface area contributed by atoms with Gasteiger partial charge < -0.3 is 0 Å². The fraction of sp³-hybridized carbons (Fsp3) is 0.0526. The lowest BCUT2D eigenvalue weighted by Gasteiger charge is -2.09. The number of fused-ring (bicyclic) bond motifs is 1. The van der Waals surface area contributed by atoms with E-state index in [1.807, 2.05) is 48.7 Å². The maximum atomic E-state index is 9.31. The molecular weight excluding hydrogens is 298 g/mol. The van der Waals surface area contributed by atoms with Gasteiger partial charge in [-0.15, -0.1) is 5.10 Å². The lowest BCUT2D eigenvalue weighted by molar-refractivity contribution is 0.650. The third kappa shape index (κ3) is 2.61. The van der Waals surface area contributed by atoms with Gasteiger partial charge in [0, 0.05) is 11.6 Å². The van der Waals surface area contributed by atoms with Crippen molar-refractivity contribution in [3.63, 3.8) is 0 Å². The molecule has 0 fully saturated rings. The van der Waals surface area contributed by atoms with Crippen molar-refractivity contribution in [2.24, 2.45) is 0 Å². The molecule has 0 saturated heterocycles. The van der Waals surface area contributed by atoms with Gasteiger partial charge in [0.25, 0.3) is 0 Å². The van der Waals surface area contributed by atoms with Gasteiger partial charge in [0.1, 0.15) is 11.8 Å². The van der Waals surface area contributed by atoms with Gasteiger partial charge in [-0.25, -0.2) is 9.67 Å². The van der Waals surface area contributed by atoms with Gasteiger partial charge >= 0.3 is 0 Å². The van der Waals surface area contributed by atoms with E-state index >= 15 is 0 Å². The molecule has 0 aliphatic rings. The Kier molecular flexibility index (Phi) is 3.49. The summed E-state index contributed by atoms with van der Waals surface area (Å²) < 4.78 is 1.76. The Bertz CT molecular complexity index is 1030. The summed E-state index contributed by atoms with van der Waals surface area (Å²) in [4.78, 5) is 4.46. The summed E-state index contributed by atoms with van der Waals surface area (Å²) in [6.07, 6.45) is 3.47. The van der Waals surface area contributed by atoms with Crippen LogP contribution in [0.1, 0.15) is 11.3 Å². The van der Waals surface area contributed by atoms with Crippen LogP contribution in [0.4, 0.5) is 0 Å². The minimum atomic E-state index is 0.416. The van der Waals surface area contributed by atoms with Crippen LogP contribution in [0.2, 0.25) is 0 Å². The van der Waals surface area contributed by atoms with Crippen molar-refractivity contribution < 1.29 is 0 Å². The maximum Gasteiger partial charge on any atom is 0.141 e. The fourth-order valence-electron chi connectivity index (χ4n) is 2.79. The molecule has 2 aromatic carbocycles. The molecule has 5 nitrogen and oxygen atoms in total. The molecule has 0 aliphatic heterocycles.